The van der Waals surface area contributed by atoms with E-state index in [2.05, 4.69) is 77.3 Å². The molecule has 37 heavy (non-hydrogen) atoms. The monoisotopic (exact) mass is 516 g/mol. The molecule has 0 radical (unpaired) electrons. The molecule has 0 saturated carbocycles. The van der Waals surface area contributed by atoms with E-state index >= 15 is 0 Å². The van der Waals surface area contributed by atoms with E-state index in [9.17, 15) is 9.59 Å². The molecule has 3 aromatic rings. The minimum absolute atomic E-state index is 0.000858. The third kappa shape index (κ3) is 6.15. The zero-order valence-electron chi connectivity index (χ0n) is 23.1. The van der Waals surface area contributed by atoms with Crippen molar-refractivity contribution in [2.75, 3.05) is 19.6 Å². The van der Waals surface area contributed by atoms with Crippen molar-refractivity contribution in [3.8, 4) is 0 Å². The van der Waals surface area contributed by atoms with Crippen molar-refractivity contribution in [1.82, 2.24) is 9.80 Å². The molecule has 2 heterocycles. The summed E-state index contributed by atoms with van der Waals surface area (Å²) in [5, 5.41) is 2.13. The predicted molar refractivity (Wildman–Crippen MR) is 153 cm³/mol. The highest BCUT2D eigenvalue weighted by molar-refractivity contribution is 7.10. The summed E-state index contributed by atoms with van der Waals surface area (Å²) in [7, 11) is 0. The highest BCUT2D eigenvalue weighted by atomic mass is 32.1. The Labute approximate surface area is 226 Å². The molecule has 0 fully saturated rings. The van der Waals surface area contributed by atoms with Crippen LogP contribution in [0, 0.1) is 5.92 Å². The number of carbonyl (C=O) groups excluding carboxylic acids is 2. The van der Waals surface area contributed by atoms with Crippen LogP contribution in [0.15, 0.2) is 60.0 Å². The van der Waals surface area contributed by atoms with Gasteiger partial charge in [0.15, 0.2) is 0 Å². The number of fused-ring (bicyclic) bond motifs is 1. The Morgan fingerprint density at radius 2 is 1.70 bits per heavy atom. The van der Waals surface area contributed by atoms with Crippen molar-refractivity contribution in [3.05, 3.63) is 92.7 Å². The van der Waals surface area contributed by atoms with Gasteiger partial charge in [0.05, 0.1) is 6.04 Å². The fourth-order valence-corrected chi connectivity index (χ4v) is 5.99. The first-order valence-corrected chi connectivity index (χ1v) is 14.3. The van der Waals surface area contributed by atoms with E-state index in [1.165, 1.54) is 21.6 Å². The highest BCUT2D eigenvalue weighted by Gasteiger charge is 2.34. The van der Waals surface area contributed by atoms with E-state index < -0.39 is 0 Å². The van der Waals surface area contributed by atoms with E-state index in [1.54, 1.807) is 16.2 Å². The number of nitrogens with zero attached hydrogens (tertiary/aromatic N) is 2. The maximum atomic E-state index is 13.9. The first kappa shape index (κ1) is 27.1. The van der Waals surface area contributed by atoms with Gasteiger partial charge >= 0.3 is 0 Å². The third-order valence-corrected chi connectivity index (χ3v) is 8.18. The van der Waals surface area contributed by atoms with Gasteiger partial charge in [0.2, 0.25) is 5.91 Å². The average molecular weight is 517 g/mol. The molecule has 4 nitrogen and oxygen atoms in total. The van der Waals surface area contributed by atoms with Crippen LogP contribution in [-0.2, 0) is 23.1 Å². The lowest BCUT2D eigenvalue weighted by Crippen LogP contribution is -2.47. The molecular formula is C32H40N2O2S. The summed E-state index contributed by atoms with van der Waals surface area (Å²) in [4.78, 5) is 32.5. The minimum atomic E-state index is -0.128. The quantitative estimate of drug-likeness (QED) is 0.343. The van der Waals surface area contributed by atoms with E-state index in [4.69, 9.17) is 0 Å². The molecule has 1 aliphatic heterocycles. The van der Waals surface area contributed by atoms with Gasteiger partial charge in [0.25, 0.3) is 5.91 Å². The molecule has 196 valence electrons. The number of hydrogen-bond acceptors (Lipinski definition) is 3. The summed E-state index contributed by atoms with van der Waals surface area (Å²) < 4.78 is 0. The van der Waals surface area contributed by atoms with E-state index in [1.807, 2.05) is 29.2 Å². The molecule has 5 heteroatoms. The Morgan fingerprint density at radius 3 is 2.30 bits per heavy atom. The molecule has 0 aliphatic carbocycles. The van der Waals surface area contributed by atoms with Gasteiger partial charge in [0.1, 0.15) is 6.54 Å². The zero-order chi connectivity index (χ0) is 26.7. The van der Waals surface area contributed by atoms with E-state index in [0.29, 0.717) is 18.7 Å². The molecule has 0 spiro atoms. The van der Waals surface area contributed by atoms with Gasteiger partial charge in [-0.15, -0.1) is 11.3 Å². The predicted octanol–water partition coefficient (Wildman–Crippen LogP) is 6.88. The first-order chi connectivity index (χ1) is 17.6. The lowest BCUT2D eigenvalue weighted by molar-refractivity contribution is -0.134. The smallest absolute Gasteiger partial charge is 0.254 e. The van der Waals surface area contributed by atoms with Crippen LogP contribution in [0.4, 0.5) is 0 Å². The van der Waals surface area contributed by atoms with Gasteiger partial charge in [-0.1, -0.05) is 77.9 Å². The summed E-state index contributed by atoms with van der Waals surface area (Å²) >= 11 is 1.77. The highest BCUT2D eigenvalue weighted by Crippen LogP contribution is 2.38. The Balaban J connectivity index is 1.62. The van der Waals surface area contributed by atoms with Gasteiger partial charge in [0, 0.05) is 23.5 Å². The topological polar surface area (TPSA) is 40.6 Å². The summed E-state index contributed by atoms with van der Waals surface area (Å²) in [5.41, 5.74) is 5.52. The standard InChI is InChI=1S/C32H40N2O2S/c1-7-23-8-10-25(11-9-23)31(36)33(20-22(2)3)21-29(35)34-18-16-28-27(17-19-37-28)30(34)24-12-14-26(15-13-24)32(4,5)6/h8-15,17,19,22,30H,7,16,18,20-21H2,1-6H3. The first-order valence-electron chi connectivity index (χ1n) is 13.4. The third-order valence-electron chi connectivity index (χ3n) is 7.19. The largest absolute Gasteiger partial charge is 0.330 e. The molecule has 4 rings (SSSR count). The fourth-order valence-electron chi connectivity index (χ4n) is 5.09. The Hall–Kier alpha value is -2.92. The van der Waals surface area contributed by atoms with Crippen molar-refractivity contribution in [3.63, 3.8) is 0 Å². The van der Waals surface area contributed by atoms with E-state index in [-0.39, 0.29) is 35.7 Å². The van der Waals surface area contributed by atoms with Crippen molar-refractivity contribution in [2.45, 2.75) is 65.8 Å². The van der Waals surface area contributed by atoms with Crippen LogP contribution in [-0.4, -0.2) is 41.2 Å². The molecule has 0 saturated heterocycles. The molecule has 0 bridgehead atoms. The molecule has 1 unspecified atom stereocenters. The lowest BCUT2D eigenvalue weighted by atomic mass is 9.85. The van der Waals surface area contributed by atoms with Crippen LogP contribution in [0.1, 0.15) is 85.1 Å². The molecule has 1 atom stereocenters. The Bertz CT molecular complexity index is 1220. The summed E-state index contributed by atoms with van der Waals surface area (Å²) in [6, 6.07) is 18.5. The SMILES string of the molecule is CCc1ccc(C(=O)N(CC(=O)N2CCc3sccc3C2c2ccc(C(C)(C)C)cc2)CC(C)C)cc1. The fraction of sp³-hybridized carbons (Fsp3) is 0.438. The molecular weight excluding hydrogens is 476 g/mol. The van der Waals surface area contributed by atoms with Gasteiger partial charge in [-0.2, -0.15) is 0 Å². The summed E-state index contributed by atoms with van der Waals surface area (Å²) in [5.74, 6) is 0.183. The second-order valence-electron chi connectivity index (χ2n) is 11.5. The maximum Gasteiger partial charge on any atom is 0.254 e. The number of rotatable bonds is 7. The molecule has 1 aromatic heterocycles. The van der Waals surface area contributed by atoms with Crippen LogP contribution in [0.2, 0.25) is 0 Å². The van der Waals surface area contributed by atoms with Crippen LogP contribution in [0.3, 0.4) is 0 Å². The zero-order valence-corrected chi connectivity index (χ0v) is 23.9. The number of hydrogen-bond donors (Lipinski definition) is 0. The second-order valence-corrected chi connectivity index (χ2v) is 12.5. The molecule has 0 N–H and O–H groups in total. The molecule has 2 aromatic carbocycles. The van der Waals surface area contributed by atoms with Crippen molar-refractivity contribution < 1.29 is 9.59 Å². The van der Waals surface area contributed by atoms with Crippen LogP contribution in [0.5, 0.6) is 0 Å². The molecule has 2 amide bonds. The molecule has 1 aliphatic rings. The number of carbonyl (C=O) groups is 2. The van der Waals surface area contributed by atoms with Crippen LogP contribution >= 0.6 is 11.3 Å². The average Bonchev–Trinajstić information content (AvgIpc) is 3.35. The number of thiophene rings is 1. The number of aryl methyl sites for hydroxylation is 1. The Kier molecular flexibility index (Phi) is 8.23. The van der Waals surface area contributed by atoms with E-state index in [0.717, 1.165) is 18.4 Å². The summed E-state index contributed by atoms with van der Waals surface area (Å²) in [6.45, 7) is 14.2. The summed E-state index contributed by atoms with van der Waals surface area (Å²) in [6.07, 6.45) is 1.78. The Morgan fingerprint density at radius 1 is 1.03 bits per heavy atom. The van der Waals surface area contributed by atoms with Crippen molar-refractivity contribution >= 4 is 23.2 Å². The van der Waals surface area contributed by atoms with Crippen molar-refractivity contribution in [2.24, 2.45) is 5.92 Å². The minimum Gasteiger partial charge on any atom is -0.330 e. The second kappa shape index (κ2) is 11.2. The van der Waals surface area contributed by atoms with Crippen molar-refractivity contribution in [1.29, 1.82) is 0 Å². The number of amides is 2. The van der Waals surface area contributed by atoms with Crippen LogP contribution < -0.4 is 0 Å². The van der Waals surface area contributed by atoms with Gasteiger partial charge in [-0.25, -0.2) is 0 Å². The maximum absolute atomic E-state index is 13.9. The van der Waals surface area contributed by atoms with Gasteiger partial charge in [-0.3, -0.25) is 9.59 Å². The van der Waals surface area contributed by atoms with Gasteiger partial charge in [-0.05, 0) is 70.0 Å². The normalized spacial score (nSPS) is 15.5. The lowest BCUT2D eigenvalue weighted by Gasteiger charge is -2.38. The van der Waals surface area contributed by atoms with Crippen LogP contribution in [0.25, 0.3) is 0 Å². The van der Waals surface area contributed by atoms with Gasteiger partial charge < -0.3 is 9.80 Å². The number of benzene rings is 2.